The van der Waals surface area contributed by atoms with E-state index in [0.29, 0.717) is 32.2 Å². The van der Waals surface area contributed by atoms with Crippen molar-refractivity contribution in [3.05, 3.63) is 84.7 Å². The van der Waals surface area contributed by atoms with Crippen molar-refractivity contribution < 1.29 is 8.81 Å². The van der Waals surface area contributed by atoms with Gasteiger partial charge in [0.1, 0.15) is 16.9 Å². The normalized spacial score (nSPS) is 11.6. The van der Waals surface area contributed by atoms with Crippen LogP contribution in [0.25, 0.3) is 33.9 Å². The molecule has 0 amide bonds. The largest absolute Gasteiger partial charge is 0.421 e. The first-order valence-electron chi connectivity index (χ1n) is 8.21. The number of rotatable bonds is 3. The molecule has 0 radical (unpaired) electrons. The van der Waals surface area contributed by atoms with Gasteiger partial charge in [0.15, 0.2) is 5.58 Å². The smallest absolute Gasteiger partial charge is 0.345 e. The van der Waals surface area contributed by atoms with Crippen molar-refractivity contribution in [3.63, 3.8) is 0 Å². The third-order valence-electron chi connectivity index (χ3n) is 4.06. The Morgan fingerprint density at radius 3 is 2.69 bits per heavy atom. The first-order chi connectivity index (χ1) is 13.9. The second kappa shape index (κ2) is 7.80. The van der Waals surface area contributed by atoms with Crippen molar-refractivity contribution in [2.45, 2.75) is 0 Å². The van der Waals surface area contributed by atoms with Gasteiger partial charge in [-0.3, -0.25) is 0 Å². The van der Waals surface area contributed by atoms with Crippen LogP contribution in [0.5, 0.6) is 0 Å². The summed E-state index contributed by atoms with van der Waals surface area (Å²) in [6.07, 6.45) is 1.60. The lowest BCUT2D eigenvalue weighted by molar-refractivity contribution is 0.563. The maximum Gasteiger partial charge on any atom is 0.345 e. The molecule has 0 unspecified atom stereocenters. The molecule has 0 aliphatic rings. The van der Waals surface area contributed by atoms with Crippen molar-refractivity contribution in [1.29, 1.82) is 5.26 Å². The SMILES string of the molecule is N#C/C(=C/c1ccc(F)cc1)c1nc(-c2cc3cc(Cl)cc(Cl)c3oc2=O)cs1. The van der Waals surface area contributed by atoms with E-state index in [1.54, 1.807) is 35.7 Å². The van der Waals surface area contributed by atoms with Gasteiger partial charge in [0.25, 0.3) is 0 Å². The summed E-state index contributed by atoms with van der Waals surface area (Å²) in [6, 6.07) is 12.6. The molecule has 0 spiro atoms. The van der Waals surface area contributed by atoms with Gasteiger partial charge < -0.3 is 4.42 Å². The molecule has 0 atom stereocenters. The molecular formula is C21H9Cl2FN2O2S. The third-order valence-corrected chi connectivity index (χ3v) is 5.44. The van der Waals surface area contributed by atoms with E-state index < -0.39 is 5.63 Å². The highest BCUT2D eigenvalue weighted by Gasteiger charge is 2.15. The van der Waals surface area contributed by atoms with E-state index in [9.17, 15) is 14.4 Å². The highest BCUT2D eigenvalue weighted by Crippen LogP contribution is 2.31. The van der Waals surface area contributed by atoms with E-state index in [2.05, 4.69) is 11.1 Å². The number of hydrogen-bond acceptors (Lipinski definition) is 5. The molecule has 0 saturated heterocycles. The Kier molecular flexibility index (Phi) is 5.20. The van der Waals surface area contributed by atoms with E-state index in [1.807, 2.05) is 0 Å². The van der Waals surface area contributed by atoms with Gasteiger partial charge >= 0.3 is 5.63 Å². The second-order valence-corrected chi connectivity index (χ2v) is 7.71. The van der Waals surface area contributed by atoms with E-state index in [4.69, 9.17) is 27.6 Å². The molecule has 0 N–H and O–H groups in total. The average Bonchev–Trinajstić information content (AvgIpc) is 3.17. The zero-order chi connectivity index (χ0) is 20.5. The van der Waals surface area contributed by atoms with Crippen LogP contribution in [-0.2, 0) is 0 Å². The average molecular weight is 443 g/mol. The molecule has 4 aromatic rings. The fraction of sp³-hybridized carbons (Fsp3) is 0. The zero-order valence-electron chi connectivity index (χ0n) is 14.4. The van der Waals surface area contributed by atoms with Gasteiger partial charge in [0, 0.05) is 15.8 Å². The van der Waals surface area contributed by atoms with Crippen molar-refractivity contribution >= 4 is 57.2 Å². The Labute approximate surface area is 178 Å². The van der Waals surface area contributed by atoms with E-state index in [-0.39, 0.29) is 22.0 Å². The van der Waals surface area contributed by atoms with Gasteiger partial charge in [-0.05, 0) is 42.0 Å². The van der Waals surface area contributed by atoms with Crippen LogP contribution in [-0.4, -0.2) is 4.98 Å². The van der Waals surface area contributed by atoms with Crippen LogP contribution >= 0.6 is 34.5 Å². The van der Waals surface area contributed by atoms with Crippen molar-refractivity contribution in [1.82, 2.24) is 4.98 Å². The van der Waals surface area contributed by atoms with Crippen molar-refractivity contribution in [3.8, 4) is 17.3 Å². The van der Waals surface area contributed by atoms with Crippen LogP contribution < -0.4 is 5.63 Å². The zero-order valence-corrected chi connectivity index (χ0v) is 16.8. The van der Waals surface area contributed by atoms with Gasteiger partial charge in [-0.25, -0.2) is 14.2 Å². The lowest BCUT2D eigenvalue weighted by atomic mass is 10.1. The molecule has 29 heavy (non-hydrogen) atoms. The summed E-state index contributed by atoms with van der Waals surface area (Å²) in [5.74, 6) is -0.361. The maximum absolute atomic E-state index is 13.1. The summed E-state index contributed by atoms with van der Waals surface area (Å²) in [7, 11) is 0. The fourth-order valence-corrected chi connectivity index (χ4v) is 4.06. The van der Waals surface area contributed by atoms with E-state index in [1.165, 1.54) is 29.5 Å². The molecule has 0 bridgehead atoms. The number of fused-ring (bicyclic) bond motifs is 1. The second-order valence-electron chi connectivity index (χ2n) is 6.01. The first kappa shape index (κ1) is 19.3. The van der Waals surface area contributed by atoms with Gasteiger partial charge in [-0.2, -0.15) is 5.26 Å². The minimum absolute atomic E-state index is 0.234. The monoisotopic (exact) mass is 442 g/mol. The topological polar surface area (TPSA) is 66.9 Å². The minimum atomic E-state index is -0.598. The Balaban J connectivity index is 1.77. The van der Waals surface area contributed by atoms with Gasteiger partial charge in [-0.1, -0.05) is 35.3 Å². The molecule has 2 aromatic heterocycles. The maximum atomic E-state index is 13.1. The predicted octanol–water partition coefficient (Wildman–Crippen LogP) is 6.43. The molecule has 0 fully saturated rings. The Bertz CT molecular complexity index is 1370. The van der Waals surface area contributed by atoms with E-state index in [0.717, 1.165) is 0 Å². The number of hydrogen-bond donors (Lipinski definition) is 0. The summed E-state index contributed by atoms with van der Waals surface area (Å²) in [5, 5.41) is 12.8. The van der Waals surface area contributed by atoms with Gasteiger partial charge in [0.2, 0.25) is 0 Å². The molecule has 2 aromatic carbocycles. The molecule has 8 heteroatoms. The summed E-state index contributed by atoms with van der Waals surface area (Å²) in [5.41, 5.74) is 1.21. The van der Waals surface area contributed by atoms with Crippen LogP contribution in [0.15, 0.2) is 57.1 Å². The lowest BCUT2D eigenvalue weighted by Gasteiger charge is -2.02. The highest BCUT2D eigenvalue weighted by molar-refractivity contribution is 7.11. The quantitative estimate of drug-likeness (QED) is 0.271. The number of nitrogens with zero attached hydrogens (tertiary/aromatic N) is 2. The Hall–Kier alpha value is -2.98. The van der Waals surface area contributed by atoms with Gasteiger partial charge in [-0.15, -0.1) is 11.3 Å². The molecular weight excluding hydrogens is 434 g/mol. The number of aromatic nitrogens is 1. The highest BCUT2D eigenvalue weighted by atomic mass is 35.5. The minimum Gasteiger partial charge on any atom is -0.421 e. The van der Waals surface area contributed by atoms with E-state index >= 15 is 0 Å². The first-order valence-corrected chi connectivity index (χ1v) is 9.84. The molecule has 4 nitrogen and oxygen atoms in total. The number of nitriles is 1. The van der Waals surface area contributed by atoms with Crippen LogP contribution in [0.4, 0.5) is 4.39 Å². The summed E-state index contributed by atoms with van der Waals surface area (Å²) < 4.78 is 18.4. The van der Waals surface area contributed by atoms with Crippen LogP contribution in [0, 0.1) is 17.1 Å². The Morgan fingerprint density at radius 1 is 1.21 bits per heavy atom. The molecule has 0 aliphatic heterocycles. The van der Waals surface area contributed by atoms with Crippen LogP contribution in [0.3, 0.4) is 0 Å². The van der Waals surface area contributed by atoms with Crippen LogP contribution in [0.2, 0.25) is 10.0 Å². The number of benzene rings is 2. The number of allylic oxidation sites excluding steroid dienone is 1. The molecule has 2 heterocycles. The molecule has 4 rings (SSSR count). The number of halogens is 3. The summed E-state index contributed by atoms with van der Waals surface area (Å²) >= 11 is 13.3. The molecule has 0 saturated carbocycles. The standard InChI is InChI=1S/C21H9Cl2FN2O2S/c22-14-6-12-7-16(21(27)28-19(12)17(23)8-14)18-10-29-20(26-18)13(9-25)5-11-1-3-15(24)4-2-11/h1-8,10H/b13-5-. The van der Waals surface area contributed by atoms with Crippen LogP contribution in [0.1, 0.15) is 10.6 Å². The molecule has 0 aliphatic carbocycles. The summed E-state index contributed by atoms with van der Waals surface area (Å²) in [4.78, 5) is 16.8. The van der Waals surface area contributed by atoms with Crippen molar-refractivity contribution in [2.24, 2.45) is 0 Å². The molecule has 142 valence electrons. The van der Waals surface area contributed by atoms with Gasteiger partial charge in [0.05, 0.1) is 21.9 Å². The summed E-state index contributed by atoms with van der Waals surface area (Å²) in [6.45, 7) is 0. The Morgan fingerprint density at radius 2 is 1.97 bits per heavy atom. The lowest BCUT2D eigenvalue weighted by Crippen LogP contribution is -2.03. The fourth-order valence-electron chi connectivity index (χ4n) is 2.72. The predicted molar refractivity (Wildman–Crippen MR) is 113 cm³/mol. The number of thiazole rings is 1. The van der Waals surface area contributed by atoms with Crippen molar-refractivity contribution in [2.75, 3.05) is 0 Å². The third kappa shape index (κ3) is 3.94.